The SMILES string of the molecule is C=[NH+]CC(C)=O.[Cl-]. The molecule has 0 aliphatic rings. The molecule has 0 bridgehead atoms. The van der Waals surface area contributed by atoms with Crippen molar-refractivity contribution in [2.75, 3.05) is 6.54 Å². The Morgan fingerprint density at radius 1 is 1.86 bits per heavy atom. The fourth-order valence-corrected chi connectivity index (χ4v) is 0.176. The Labute approximate surface area is 49.0 Å². The number of hydrogen-bond donors (Lipinski definition) is 1. The van der Waals surface area contributed by atoms with Gasteiger partial charge in [-0.2, -0.15) is 0 Å². The van der Waals surface area contributed by atoms with Crippen LogP contribution in [0.2, 0.25) is 0 Å². The third kappa shape index (κ3) is 10.7. The zero-order valence-corrected chi connectivity index (χ0v) is 4.96. The zero-order chi connectivity index (χ0) is 4.99. The molecule has 0 saturated carbocycles. The van der Waals surface area contributed by atoms with Crippen molar-refractivity contribution in [3.8, 4) is 0 Å². The summed E-state index contributed by atoms with van der Waals surface area (Å²) in [5.41, 5.74) is 0. The second-order valence-electron chi connectivity index (χ2n) is 1.13. The number of carbonyl (C=O) groups is 1. The van der Waals surface area contributed by atoms with Crippen LogP contribution in [0.5, 0.6) is 0 Å². The van der Waals surface area contributed by atoms with E-state index < -0.39 is 0 Å². The fraction of sp³-hybridized carbons (Fsp3) is 0.500. The molecule has 2 nitrogen and oxygen atoms in total. The average molecular weight is 122 g/mol. The first-order valence-electron chi connectivity index (χ1n) is 1.76. The highest BCUT2D eigenvalue weighted by molar-refractivity contribution is 5.76. The largest absolute Gasteiger partial charge is 1.00 e. The molecule has 0 amide bonds. The Bertz CT molecular complexity index is 72.1. The van der Waals surface area contributed by atoms with Crippen molar-refractivity contribution >= 4 is 12.5 Å². The molecule has 0 atom stereocenters. The lowest BCUT2D eigenvalue weighted by atomic mass is 10.5. The van der Waals surface area contributed by atoms with Gasteiger partial charge in [-0.25, -0.2) is 4.99 Å². The average Bonchev–Trinajstić information content (AvgIpc) is 1.35. The van der Waals surface area contributed by atoms with Crippen LogP contribution in [0.15, 0.2) is 0 Å². The van der Waals surface area contributed by atoms with Crippen LogP contribution in [-0.4, -0.2) is 19.0 Å². The summed E-state index contributed by atoms with van der Waals surface area (Å²) in [6.07, 6.45) is 0. The molecule has 0 rings (SSSR count). The maximum atomic E-state index is 9.94. The van der Waals surface area contributed by atoms with E-state index in [1.807, 2.05) is 0 Å². The first-order valence-corrected chi connectivity index (χ1v) is 1.76. The normalized spacial score (nSPS) is 6.43. The molecule has 0 aromatic carbocycles. The highest BCUT2D eigenvalue weighted by atomic mass is 35.5. The Morgan fingerprint density at radius 2 is 2.29 bits per heavy atom. The fourth-order valence-electron chi connectivity index (χ4n) is 0.176. The molecule has 3 heteroatoms. The highest BCUT2D eigenvalue weighted by Gasteiger charge is 1.86. The number of ketones is 1. The summed E-state index contributed by atoms with van der Waals surface area (Å²) in [5, 5.41) is 0. The van der Waals surface area contributed by atoms with Crippen molar-refractivity contribution < 1.29 is 22.2 Å². The van der Waals surface area contributed by atoms with Gasteiger partial charge in [-0.15, -0.1) is 0 Å². The van der Waals surface area contributed by atoms with Gasteiger partial charge in [0, 0.05) is 6.92 Å². The molecule has 7 heavy (non-hydrogen) atoms. The van der Waals surface area contributed by atoms with Crippen LogP contribution >= 0.6 is 0 Å². The lowest BCUT2D eigenvalue weighted by molar-refractivity contribution is -0.433. The van der Waals surface area contributed by atoms with Crippen LogP contribution in [-0.2, 0) is 4.79 Å². The zero-order valence-electron chi connectivity index (χ0n) is 4.20. The molecule has 0 unspecified atom stereocenters. The molecular weight excluding hydrogens is 114 g/mol. The molecule has 0 fully saturated rings. The molecule has 0 heterocycles. The summed E-state index contributed by atoms with van der Waals surface area (Å²) in [4.78, 5) is 12.4. The summed E-state index contributed by atoms with van der Waals surface area (Å²) in [6.45, 7) is 5.14. The first kappa shape index (κ1) is 9.80. The maximum Gasteiger partial charge on any atom is 0.198 e. The molecule has 0 radical (unpaired) electrons. The minimum absolute atomic E-state index is 0. The van der Waals surface area contributed by atoms with Gasteiger partial charge >= 0.3 is 0 Å². The second kappa shape index (κ2) is 5.63. The van der Waals surface area contributed by atoms with Crippen molar-refractivity contribution in [3.63, 3.8) is 0 Å². The predicted octanol–water partition coefficient (Wildman–Crippen LogP) is -4.64. The van der Waals surface area contributed by atoms with Gasteiger partial charge in [-0.05, 0) is 0 Å². The lowest BCUT2D eigenvalue weighted by Crippen LogP contribution is -3.00. The number of hydrogen-bond acceptors (Lipinski definition) is 1. The van der Waals surface area contributed by atoms with Gasteiger partial charge in [0.25, 0.3) is 0 Å². The van der Waals surface area contributed by atoms with Crippen molar-refractivity contribution in [3.05, 3.63) is 0 Å². The number of rotatable bonds is 2. The molecule has 0 saturated heterocycles. The minimum Gasteiger partial charge on any atom is -1.00 e. The summed E-state index contributed by atoms with van der Waals surface area (Å²) >= 11 is 0. The molecule has 0 aromatic heterocycles. The van der Waals surface area contributed by atoms with Crippen LogP contribution in [0.1, 0.15) is 6.92 Å². The summed E-state index contributed by atoms with van der Waals surface area (Å²) in [6, 6.07) is 0. The van der Waals surface area contributed by atoms with Crippen LogP contribution in [0.4, 0.5) is 0 Å². The Hall–Kier alpha value is -0.370. The van der Waals surface area contributed by atoms with Crippen molar-refractivity contribution in [1.29, 1.82) is 0 Å². The van der Waals surface area contributed by atoms with E-state index in [1.165, 1.54) is 6.92 Å². The smallest absolute Gasteiger partial charge is 0.198 e. The van der Waals surface area contributed by atoms with Crippen LogP contribution in [0, 0.1) is 0 Å². The second-order valence-corrected chi connectivity index (χ2v) is 1.13. The van der Waals surface area contributed by atoms with Gasteiger partial charge in [0.05, 0.1) is 0 Å². The number of nitrogens with one attached hydrogen (secondary N) is 1. The van der Waals surface area contributed by atoms with E-state index in [0.29, 0.717) is 6.54 Å². The highest BCUT2D eigenvalue weighted by Crippen LogP contribution is 1.49. The van der Waals surface area contributed by atoms with E-state index >= 15 is 0 Å². The van der Waals surface area contributed by atoms with Crippen molar-refractivity contribution in [2.45, 2.75) is 6.92 Å². The number of Topliss-reactive ketones (excluding diaryl/α,β-unsaturated/α-hetero) is 1. The summed E-state index contributed by atoms with van der Waals surface area (Å²) in [5.74, 6) is 0.116. The van der Waals surface area contributed by atoms with E-state index in [-0.39, 0.29) is 18.2 Å². The molecule has 0 aromatic rings. The van der Waals surface area contributed by atoms with Crippen molar-refractivity contribution in [1.82, 2.24) is 0 Å². The predicted molar refractivity (Wildman–Crippen MR) is 23.6 cm³/mol. The van der Waals surface area contributed by atoms with Gasteiger partial charge < -0.3 is 12.4 Å². The molecule has 0 spiro atoms. The third-order valence-electron chi connectivity index (χ3n) is 0.374. The lowest BCUT2D eigenvalue weighted by Gasteiger charge is -1.70. The summed E-state index contributed by atoms with van der Waals surface area (Å²) < 4.78 is 0. The maximum absolute atomic E-state index is 9.94. The van der Waals surface area contributed by atoms with Gasteiger partial charge in [-0.1, -0.05) is 0 Å². The molecule has 1 N–H and O–H groups in total. The van der Waals surface area contributed by atoms with Crippen LogP contribution in [0.3, 0.4) is 0 Å². The van der Waals surface area contributed by atoms with Crippen LogP contribution < -0.4 is 17.4 Å². The van der Waals surface area contributed by atoms with E-state index in [1.54, 1.807) is 0 Å². The number of halogens is 1. The van der Waals surface area contributed by atoms with Gasteiger partial charge in [0.1, 0.15) is 6.72 Å². The van der Waals surface area contributed by atoms with Gasteiger partial charge in [-0.3, -0.25) is 4.79 Å². The number of carbonyl (C=O) groups excluding carboxylic acids is 1. The quantitative estimate of drug-likeness (QED) is 0.366. The van der Waals surface area contributed by atoms with E-state index in [2.05, 4.69) is 11.7 Å². The monoisotopic (exact) mass is 121 g/mol. The molecular formula is C4H8ClNO. The standard InChI is InChI=1S/C4H7NO.ClH/c1-4(6)3-5-2;/h2-3H2,1H3;1H. The van der Waals surface area contributed by atoms with E-state index in [0.717, 1.165) is 0 Å². The minimum atomic E-state index is 0. The van der Waals surface area contributed by atoms with E-state index in [9.17, 15) is 4.79 Å². The first-order chi connectivity index (χ1) is 2.77. The Kier molecular flexibility index (Phi) is 7.88. The van der Waals surface area contributed by atoms with Gasteiger partial charge in [0.15, 0.2) is 12.3 Å². The molecule has 0 aliphatic carbocycles. The topological polar surface area (TPSA) is 31.0 Å². The Morgan fingerprint density at radius 3 is 2.29 bits per heavy atom. The van der Waals surface area contributed by atoms with Crippen LogP contribution in [0.25, 0.3) is 0 Å². The van der Waals surface area contributed by atoms with Crippen molar-refractivity contribution in [2.24, 2.45) is 0 Å². The summed E-state index contributed by atoms with van der Waals surface area (Å²) in [7, 11) is 0. The van der Waals surface area contributed by atoms with E-state index in [4.69, 9.17) is 0 Å². The Balaban J connectivity index is 0. The molecule has 42 valence electrons. The third-order valence-corrected chi connectivity index (χ3v) is 0.374. The van der Waals surface area contributed by atoms with Gasteiger partial charge in [0.2, 0.25) is 0 Å². The molecule has 0 aliphatic heterocycles.